The molecule has 120 valence electrons. The van der Waals surface area contributed by atoms with E-state index in [1.54, 1.807) is 0 Å². The molecular formula is C18H24O4. The number of hydrogen-bond donors (Lipinski definition) is 0. The minimum absolute atomic E-state index is 0.117. The quantitative estimate of drug-likeness (QED) is 0.592. The van der Waals surface area contributed by atoms with E-state index in [1.165, 1.54) is 25.4 Å². The van der Waals surface area contributed by atoms with Crippen molar-refractivity contribution < 1.29 is 19.1 Å². The number of hydrogen-bond acceptors (Lipinski definition) is 4. The molecule has 0 radical (unpaired) electrons. The van der Waals surface area contributed by atoms with Crippen molar-refractivity contribution in [3.05, 3.63) is 23.3 Å². The molecule has 3 aliphatic carbocycles. The highest BCUT2D eigenvalue weighted by Gasteiger charge is 3.00. The Morgan fingerprint density at radius 3 is 1.32 bits per heavy atom. The number of rotatable bonds is 4. The molecule has 0 aromatic heterocycles. The Morgan fingerprint density at radius 1 is 0.773 bits per heavy atom. The zero-order valence-corrected chi connectivity index (χ0v) is 14.1. The van der Waals surface area contributed by atoms with E-state index >= 15 is 0 Å². The summed E-state index contributed by atoms with van der Waals surface area (Å²) in [7, 11) is 2.88. The molecule has 4 nitrogen and oxygen atoms in total. The first kappa shape index (κ1) is 15.3. The summed E-state index contributed by atoms with van der Waals surface area (Å²) in [5.74, 6) is -0.105. The highest BCUT2D eigenvalue weighted by atomic mass is 16.5. The zero-order valence-electron chi connectivity index (χ0n) is 14.1. The summed E-state index contributed by atoms with van der Waals surface area (Å²) >= 11 is 0. The Hall–Kier alpha value is -1.58. The number of allylic oxidation sites excluding steroid dienone is 4. The number of esters is 2. The first-order valence-corrected chi connectivity index (χ1v) is 7.77. The molecule has 0 saturated heterocycles. The van der Waals surface area contributed by atoms with Crippen molar-refractivity contribution >= 4 is 11.9 Å². The van der Waals surface area contributed by atoms with Gasteiger partial charge in [0, 0.05) is 10.8 Å². The van der Waals surface area contributed by atoms with E-state index in [-0.39, 0.29) is 46.4 Å². The van der Waals surface area contributed by atoms with Crippen LogP contribution in [0.4, 0.5) is 0 Å². The molecule has 0 aromatic carbocycles. The monoisotopic (exact) mass is 304 g/mol. The SMILES string of the molecule is COC(=O)C1C2C3C(C(=O)OC)C3(C=C(C)C)C12C=C(C)C. The summed E-state index contributed by atoms with van der Waals surface area (Å²) in [5, 5.41) is 0. The summed E-state index contributed by atoms with van der Waals surface area (Å²) in [4.78, 5) is 24.3. The Morgan fingerprint density at radius 2 is 1.09 bits per heavy atom. The van der Waals surface area contributed by atoms with E-state index < -0.39 is 0 Å². The van der Waals surface area contributed by atoms with E-state index in [9.17, 15) is 9.59 Å². The normalized spacial score (nSPS) is 42.8. The minimum atomic E-state index is -0.250. The zero-order chi connectivity index (χ0) is 16.4. The maximum absolute atomic E-state index is 12.2. The summed E-state index contributed by atoms with van der Waals surface area (Å²) in [6.45, 7) is 8.16. The molecule has 3 rings (SSSR count). The van der Waals surface area contributed by atoms with Gasteiger partial charge in [0.25, 0.3) is 0 Å². The maximum Gasteiger partial charge on any atom is 0.309 e. The van der Waals surface area contributed by atoms with E-state index in [0.29, 0.717) is 0 Å². The lowest BCUT2D eigenvalue weighted by atomic mass is 9.69. The molecule has 3 aliphatic rings. The molecule has 6 unspecified atom stereocenters. The lowest BCUT2D eigenvalue weighted by Crippen LogP contribution is -2.30. The number of carbonyl (C=O) groups excluding carboxylic acids is 2. The molecule has 3 saturated carbocycles. The van der Waals surface area contributed by atoms with Crippen LogP contribution >= 0.6 is 0 Å². The molecule has 3 fully saturated rings. The van der Waals surface area contributed by atoms with Crippen molar-refractivity contribution in [1.82, 2.24) is 0 Å². The number of carbonyl (C=O) groups is 2. The van der Waals surface area contributed by atoms with E-state index in [0.717, 1.165) is 0 Å². The van der Waals surface area contributed by atoms with Crippen LogP contribution in [0.3, 0.4) is 0 Å². The molecular weight excluding hydrogens is 280 g/mol. The molecule has 6 atom stereocenters. The van der Waals surface area contributed by atoms with Gasteiger partial charge < -0.3 is 9.47 Å². The van der Waals surface area contributed by atoms with Crippen LogP contribution in [0.1, 0.15) is 27.7 Å². The lowest BCUT2D eigenvalue weighted by Gasteiger charge is -2.33. The minimum Gasteiger partial charge on any atom is -0.469 e. The van der Waals surface area contributed by atoms with Crippen molar-refractivity contribution in [3.8, 4) is 0 Å². The second-order valence-corrected chi connectivity index (χ2v) is 7.36. The smallest absolute Gasteiger partial charge is 0.309 e. The summed E-state index contributed by atoms with van der Waals surface area (Å²) in [5.41, 5.74) is 1.85. The van der Waals surface area contributed by atoms with Gasteiger partial charge in [0.1, 0.15) is 0 Å². The molecule has 22 heavy (non-hydrogen) atoms. The van der Waals surface area contributed by atoms with Crippen LogP contribution in [-0.2, 0) is 19.1 Å². The number of methoxy groups -OCH3 is 2. The predicted molar refractivity (Wildman–Crippen MR) is 81.7 cm³/mol. The molecule has 4 heteroatoms. The summed E-state index contributed by atoms with van der Waals surface area (Å²) in [6.07, 6.45) is 4.39. The van der Waals surface area contributed by atoms with Crippen LogP contribution in [0.2, 0.25) is 0 Å². The van der Waals surface area contributed by atoms with Gasteiger partial charge in [0.2, 0.25) is 0 Å². The van der Waals surface area contributed by atoms with Crippen LogP contribution in [0.15, 0.2) is 23.3 Å². The predicted octanol–water partition coefficient (Wildman–Crippen LogP) is 2.74. The van der Waals surface area contributed by atoms with Crippen LogP contribution in [0.5, 0.6) is 0 Å². The van der Waals surface area contributed by atoms with Crippen molar-refractivity contribution in [2.24, 2.45) is 34.5 Å². The lowest BCUT2D eigenvalue weighted by molar-refractivity contribution is -0.145. The van der Waals surface area contributed by atoms with Gasteiger partial charge in [0.15, 0.2) is 0 Å². The van der Waals surface area contributed by atoms with E-state index in [1.807, 2.05) is 27.7 Å². The fraction of sp³-hybridized carbons (Fsp3) is 0.667. The standard InChI is InChI=1S/C18H24O4/c1-9(2)7-17-11(13(17)15(19)21-5)12-14(16(20)22-6)18(12,17)8-10(3)4/h7-8,11-14H,1-6H3. The van der Waals surface area contributed by atoms with Gasteiger partial charge in [-0.05, 0) is 39.5 Å². The molecule has 0 N–H and O–H groups in total. The Labute approximate surface area is 131 Å². The topological polar surface area (TPSA) is 52.6 Å². The summed E-state index contributed by atoms with van der Waals surface area (Å²) < 4.78 is 9.99. The average Bonchev–Trinajstić information content (AvgIpc) is 3.24. The van der Waals surface area contributed by atoms with Crippen LogP contribution in [-0.4, -0.2) is 26.2 Å². The first-order valence-electron chi connectivity index (χ1n) is 7.77. The van der Waals surface area contributed by atoms with E-state index in [4.69, 9.17) is 9.47 Å². The second-order valence-electron chi connectivity index (χ2n) is 7.36. The number of fused-ring (bicyclic) bond motifs is 4. The van der Waals surface area contributed by atoms with Crippen LogP contribution < -0.4 is 0 Å². The third-order valence-corrected chi connectivity index (χ3v) is 5.73. The second kappa shape index (κ2) is 4.46. The largest absolute Gasteiger partial charge is 0.469 e. The van der Waals surface area contributed by atoms with Crippen LogP contribution in [0.25, 0.3) is 0 Å². The fourth-order valence-electron chi connectivity index (χ4n) is 5.41. The van der Waals surface area contributed by atoms with Crippen molar-refractivity contribution in [2.45, 2.75) is 27.7 Å². The molecule has 0 bridgehead atoms. The van der Waals surface area contributed by atoms with Gasteiger partial charge in [-0.2, -0.15) is 0 Å². The number of ether oxygens (including phenoxy) is 2. The molecule has 0 aliphatic heterocycles. The van der Waals surface area contributed by atoms with E-state index in [2.05, 4.69) is 12.2 Å². The third kappa shape index (κ3) is 1.48. The summed E-state index contributed by atoms with van der Waals surface area (Å²) in [6, 6.07) is 0. The third-order valence-electron chi connectivity index (χ3n) is 5.73. The Balaban J connectivity index is 2.05. The first-order chi connectivity index (χ1) is 10.3. The van der Waals surface area contributed by atoms with Crippen molar-refractivity contribution in [3.63, 3.8) is 0 Å². The van der Waals surface area contributed by atoms with Gasteiger partial charge in [-0.3, -0.25) is 9.59 Å². The van der Waals surface area contributed by atoms with Crippen molar-refractivity contribution in [1.29, 1.82) is 0 Å². The highest BCUT2D eigenvalue weighted by molar-refractivity contribution is 5.89. The molecule has 0 aromatic rings. The van der Waals surface area contributed by atoms with Crippen molar-refractivity contribution in [2.75, 3.05) is 14.2 Å². The maximum atomic E-state index is 12.2. The van der Waals surface area contributed by atoms with Gasteiger partial charge in [-0.25, -0.2) is 0 Å². The Bertz CT molecular complexity index is 555. The molecule has 0 spiro atoms. The average molecular weight is 304 g/mol. The fourth-order valence-corrected chi connectivity index (χ4v) is 5.41. The van der Waals surface area contributed by atoms with Gasteiger partial charge in [-0.1, -0.05) is 23.3 Å². The Kier molecular flexibility index (Phi) is 3.11. The van der Waals surface area contributed by atoms with Gasteiger partial charge in [-0.15, -0.1) is 0 Å². The molecule has 0 amide bonds. The highest BCUT2D eigenvalue weighted by Crippen LogP contribution is 2.98. The van der Waals surface area contributed by atoms with Crippen LogP contribution in [0, 0.1) is 34.5 Å². The van der Waals surface area contributed by atoms with Gasteiger partial charge in [0.05, 0.1) is 26.1 Å². The van der Waals surface area contributed by atoms with Gasteiger partial charge >= 0.3 is 11.9 Å². The molecule has 0 heterocycles.